The van der Waals surface area contributed by atoms with Crippen LogP contribution in [0.15, 0.2) is 36.7 Å². The molecule has 4 rings (SSSR count). The van der Waals surface area contributed by atoms with Crippen molar-refractivity contribution >= 4 is 39.0 Å². The predicted octanol–water partition coefficient (Wildman–Crippen LogP) is 4.46. The smallest absolute Gasteiger partial charge is 0.147 e. The van der Waals surface area contributed by atoms with E-state index in [2.05, 4.69) is 21.4 Å². The summed E-state index contributed by atoms with van der Waals surface area (Å²) in [4.78, 5) is 9.98. The van der Waals surface area contributed by atoms with E-state index in [9.17, 15) is 0 Å². The molecule has 1 fully saturated rings. The van der Waals surface area contributed by atoms with E-state index in [0.29, 0.717) is 5.92 Å². The molecule has 1 aromatic carbocycles. The molecule has 1 saturated heterocycles. The highest BCUT2D eigenvalue weighted by molar-refractivity contribution is 7.22. The van der Waals surface area contributed by atoms with E-state index < -0.39 is 0 Å². The molecule has 1 N–H and O–H groups in total. The van der Waals surface area contributed by atoms with Crippen molar-refractivity contribution < 1.29 is 4.74 Å². The Bertz CT molecular complexity index is 812. The summed E-state index contributed by atoms with van der Waals surface area (Å²) in [5.74, 6) is 1.47. The Morgan fingerprint density at radius 3 is 2.91 bits per heavy atom. The minimum absolute atomic E-state index is 0.565. The molecular formula is C17H16ClN3OS. The van der Waals surface area contributed by atoms with Gasteiger partial charge in [-0.2, -0.15) is 0 Å². The van der Waals surface area contributed by atoms with Crippen LogP contribution in [0.1, 0.15) is 6.42 Å². The average molecular weight is 346 g/mol. The molecule has 118 valence electrons. The molecule has 2 aromatic heterocycles. The first-order valence-electron chi connectivity index (χ1n) is 7.62. The lowest BCUT2D eigenvalue weighted by Gasteiger charge is -2.10. The molecule has 0 amide bonds. The van der Waals surface area contributed by atoms with Gasteiger partial charge >= 0.3 is 0 Å². The van der Waals surface area contributed by atoms with E-state index in [4.69, 9.17) is 16.3 Å². The van der Waals surface area contributed by atoms with Gasteiger partial charge in [-0.05, 0) is 30.2 Å². The van der Waals surface area contributed by atoms with Gasteiger partial charge in [0.15, 0.2) is 0 Å². The molecule has 1 atom stereocenters. The fourth-order valence-electron chi connectivity index (χ4n) is 2.72. The predicted molar refractivity (Wildman–Crippen MR) is 95.3 cm³/mol. The van der Waals surface area contributed by atoms with Crippen molar-refractivity contribution in [1.29, 1.82) is 0 Å². The molecule has 6 heteroatoms. The van der Waals surface area contributed by atoms with Crippen LogP contribution in [-0.2, 0) is 4.74 Å². The number of ether oxygens (including phenoxy) is 1. The number of halogens is 1. The van der Waals surface area contributed by atoms with Crippen LogP contribution in [-0.4, -0.2) is 29.7 Å². The quantitative estimate of drug-likeness (QED) is 0.758. The maximum Gasteiger partial charge on any atom is 0.147 e. The van der Waals surface area contributed by atoms with E-state index in [1.54, 1.807) is 17.7 Å². The second kappa shape index (κ2) is 6.43. The lowest BCUT2D eigenvalue weighted by molar-refractivity contribution is 0.187. The van der Waals surface area contributed by atoms with E-state index in [1.165, 1.54) is 4.88 Å². The fourth-order valence-corrected chi connectivity index (χ4v) is 3.93. The van der Waals surface area contributed by atoms with E-state index in [0.717, 1.165) is 52.8 Å². The zero-order valence-electron chi connectivity index (χ0n) is 12.5. The van der Waals surface area contributed by atoms with Crippen LogP contribution >= 0.6 is 22.9 Å². The summed E-state index contributed by atoms with van der Waals surface area (Å²) in [6.07, 6.45) is 2.73. The van der Waals surface area contributed by atoms with Gasteiger partial charge in [0, 0.05) is 29.0 Å². The molecule has 0 unspecified atom stereocenters. The molecule has 0 spiro atoms. The monoisotopic (exact) mass is 345 g/mol. The molecule has 0 aliphatic carbocycles. The molecule has 0 radical (unpaired) electrons. The molecule has 3 heterocycles. The van der Waals surface area contributed by atoms with Gasteiger partial charge in [-0.15, -0.1) is 11.3 Å². The molecule has 0 bridgehead atoms. The highest BCUT2D eigenvalue weighted by Gasteiger charge is 2.16. The van der Waals surface area contributed by atoms with Crippen LogP contribution in [0.5, 0.6) is 0 Å². The number of nitrogens with one attached hydrogen (secondary N) is 1. The number of fused-ring (bicyclic) bond motifs is 1. The minimum atomic E-state index is 0.565. The summed E-state index contributed by atoms with van der Waals surface area (Å²) in [6.45, 7) is 2.59. The zero-order chi connectivity index (χ0) is 15.6. The van der Waals surface area contributed by atoms with Gasteiger partial charge in [0.1, 0.15) is 12.1 Å². The Morgan fingerprint density at radius 1 is 1.26 bits per heavy atom. The first-order valence-corrected chi connectivity index (χ1v) is 8.81. The normalized spacial score (nSPS) is 17.7. The summed E-state index contributed by atoms with van der Waals surface area (Å²) < 4.78 is 6.52. The Labute approximate surface area is 143 Å². The topological polar surface area (TPSA) is 47.0 Å². The van der Waals surface area contributed by atoms with Gasteiger partial charge in [-0.25, -0.2) is 9.97 Å². The second-order valence-electron chi connectivity index (χ2n) is 5.66. The largest absolute Gasteiger partial charge is 0.381 e. The number of aromatic nitrogens is 2. The third-order valence-electron chi connectivity index (χ3n) is 4.02. The lowest BCUT2D eigenvalue weighted by Crippen LogP contribution is -2.14. The van der Waals surface area contributed by atoms with Gasteiger partial charge in [0.2, 0.25) is 0 Å². The van der Waals surface area contributed by atoms with E-state index >= 15 is 0 Å². The van der Waals surface area contributed by atoms with Crippen LogP contribution in [0.4, 0.5) is 5.82 Å². The second-order valence-corrected chi connectivity index (χ2v) is 7.15. The zero-order valence-corrected chi connectivity index (χ0v) is 14.0. The number of hydrogen-bond acceptors (Lipinski definition) is 5. The van der Waals surface area contributed by atoms with Crippen LogP contribution in [0, 0.1) is 5.92 Å². The number of thiophene rings is 1. The minimum Gasteiger partial charge on any atom is -0.381 e. The molecular weight excluding hydrogens is 330 g/mol. The molecule has 4 nitrogen and oxygen atoms in total. The van der Waals surface area contributed by atoms with E-state index in [1.807, 2.05) is 24.3 Å². The summed E-state index contributed by atoms with van der Waals surface area (Å²) in [7, 11) is 0. The maximum atomic E-state index is 5.97. The van der Waals surface area contributed by atoms with Gasteiger partial charge in [0.05, 0.1) is 16.8 Å². The number of rotatable bonds is 4. The number of nitrogens with zero attached hydrogens (tertiary/aromatic N) is 2. The van der Waals surface area contributed by atoms with Crippen LogP contribution < -0.4 is 5.32 Å². The van der Waals surface area contributed by atoms with Crippen molar-refractivity contribution in [2.24, 2.45) is 5.92 Å². The van der Waals surface area contributed by atoms with Gasteiger partial charge in [-0.1, -0.05) is 23.7 Å². The summed E-state index contributed by atoms with van der Waals surface area (Å²) in [6, 6.07) is 9.99. The Morgan fingerprint density at radius 2 is 2.13 bits per heavy atom. The molecule has 23 heavy (non-hydrogen) atoms. The van der Waals surface area contributed by atoms with E-state index in [-0.39, 0.29) is 0 Å². The van der Waals surface area contributed by atoms with Gasteiger partial charge in [-0.3, -0.25) is 0 Å². The van der Waals surface area contributed by atoms with Crippen molar-refractivity contribution in [3.05, 3.63) is 41.7 Å². The van der Waals surface area contributed by atoms with Crippen molar-refractivity contribution in [2.75, 3.05) is 25.1 Å². The van der Waals surface area contributed by atoms with Crippen molar-refractivity contribution in [3.8, 4) is 10.4 Å². The average Bonchev–Trinajstić information content (AvgIpc) is 3.23. The number of benzene rings is 1. The third-order valence-corrected chi connectivity index (χ3v) is 5.45. The Balaban J connectivity index is 1.62. The standard InChI is InChI=1S/C17H16ClN3OS/c18-13-3-1-12(2-4-13)15-7-14-16(23-15)17(21-10-20-14)19-8-11-5-6-22-9-11/h1-4,7,10-11H,5-6,8-9H2,(H,19,20,21)/t11-/m0/s1. The Kier molecular flexibility index (Phi) is 4.16. The third kappa shape index (κ3) is 3.17. The SMILES string of the molecule is Clc1ccc(-c2cc3ncnc(NC[C@@H]4CCOC4)c3s2)cc1. The van der Waals surface area contributed by atoms with Gasteiger partial charge in [0.25, 0.3) is 0 Å². The molecule has 1 aliphatic rings. The van der Waals surface area contributed by atoms with Gasteiger partial charge < -0.3 is 10.1 Å². The van der Waals surface area contributed by atoms with Crippen LogP contribution in [0.3, 0.4) is 0 Å². The highest BCUT2D eigenvalue weighted by Crippen LogP contribution is 2.36. The first kappa shape index (κ1) is 14.9. The van der Waals surface area contributed by atoms with Crippen molar-refractivity contribution in [2.45, 2.75) is 6.42 Å². The first-order chi connectivity index (χ1) is 11.3. The maximum absolute atomic E-state index is 5.97. The highest BCUT2D eigenvalue weighted by atomic mass is 35.5. The summed E-state index contributed by atoms with van der Waals surface area (Å²) in [5, 5.41) is 4.21. The lowest BCUT2D eigenvalue weighted by atomic mass is 10.1. The molecule has 1 aliphatic heterocycles. The fraction of sp³-hybridized carbons (Fsp3) is 0.294. The van der Waals surface area contributed by atoms with Crippen molar-refractivity contribution in [1.82, 2.24) is 9.97 Å². The van der Waals surface area contributed by atoms with Crippen molar-refractivity contribution in [3.63, 3.8) is 0 Å². The summed E-state index contributed by atoms with van der Waals surface area (Å²) >= 11 is 7.67. The molecule has 0 saturated carbocycles. The Hall–Kier alpha value is -1.69. The van der Waals surface area contributed by atoms with Crippen LogP contribution in [0.2, 0.25) is 5.02 Å². The molecule has 3 aromatic rings. The van der Waals surface area contributed by atoms with Crippen LogP contribution in [0.25, 0.3) is 20.7 Å². The summed E-state index contributed by atoms with van der Waals surface area (Å²) in [5.41, 5.74) is 2.12. The number of hydrogen-bond donors (Lipinski definition) is 1. The number of anilines is 1.